The van der Waals surface area contributed by atoms with Crippen molar-refractivity contribution in [3.8, 4) is 0 Å². The first-order chi connectivity index (χ1) is 15.4. The van der Waals surface area contributed by atoms with Gasteiger partial charge in [-0.05, 0) is 47.5 Å². The van der Waals surface area contributed by atoms with Gasteiger partial charge in [0.2, 0.25) is 0 Å². The number of ether oxygens (including phenoxy) is 1. The van der Waals surface area contributed by atoms with Gasteiger partial charge in [0, 0.05) is 0 Å². The number of fused-ring (bicyclic) bond motifs is 1. The second-order valence-electron chi connectivity index (χ2n) is 7.23. The quantitative estimate of drug-likeness (QED) is 0.422. The van der Waals surface area contributed by atoms with Crippen molar-refractivity contribution in [2.45, 2.75) is 13.5 Å². The second-order valence-corrected chi connectivity index (χ2v) is 7.58. The van der Waals surface area contributed by atoms with Crippen LogP contribution in [0.5, 0.6) is 0 Å². The number of methoxy groups -OCH3 is 1. The molecule has 32 heavy (non-hydrogen) atoms. The summed E-state index contributed by atoms with van der Waals surface area (Å²) in [5.74, 6) is -1.41. The van der Waals surface area contributed by atoms with Crippen LogP contribution >= 0.6 is 11.6 Å². The zero-order valence-corrected chi connectivity index (χ0v) is 18.1. The first-order valence-corrected chi connectivity index (χ1v) is 10.1. The highest BCUT2D eigenvalue weighted by Gasteiger charge is 2.23. The van der Waals surface area contributed by atoms with Crippen molar-refractivity contribution in [2.75, 3.05) is 12.4 Å². The van der Waals surface area contributed by atoms with Crippen LogP contribution in [0.25, 0.3) is 10.8 Å². The van der Waals surface area contributed by atoms with Gasteiger partial charge in [-0.1, -0.05) is 48.0 Å². The van der Waals surface area contributed by atoms with Crippen LogP contribution in [-0.2, 0) is 11.3 Å². The number of rotatable bonds is 5. The fraction of sp³-hybridized carbons (Fsp3) is 0.125. The van der Waals surface area contributed by atoms with Gasteiger partial charge in [0.15, 0.2) is 0 Å². The Bertz CT molecular complexity index is 1330. The Balaban J connectivity index is 1.67. The molecule has 6 nitrogen and oxygen atoms in total. The monoisotopic (exact) mass is 451 g/mol. The first kappa shape index (κ1) is 21.5. The highest BCUT2D eigenvalue weighted by Crippen LogP contribution is 2.27. The zero-order chi connectivity index (χ0) is 22.8. The fourth-order valence-corrected chi connectivity index (χ4v) is 3.81. The molecule has 0 aliphatic heterocycles. The highest BCUT2D eigenvalue weighted by atomic mass is 35.5. The van der Waals surface area contributed by atoms with Gasteiger partial charge in [-0.15, -0.1) is 0 Å². The predicted molar refractivity (Wildman–Crippen MR) is 121 cm³/mol. The summed E-state index contributed by atoms with van der Waals surface area (Å²) in [5.41, 5.74) is 1.94. The van der Waals surface area contributed by atoms with Gasteiger partial charge in [0.1, 0.15) is 11.0 Å². The summed E-state index contributed by atoms with van der Waals surface area (Å²) in [6.45, 7) is 1.94. The number of carbonyl (C=O) groups is 2. The number of aryl methyl sites for hydroxylation is 1. The number of hydrogen-bond acceptors (Lipinski definition) is 4. The third kappa shape index (κ3) is 4.20. The number of esters is 1. The van der Waals surface area contributed by atoms with E-state index in [4.69, 9.17) is 16.3 Å². The maximum atomic E-state index is 13.2. The minimum atomic E-state index is -0.569. The molecule has 0 radical (unpaired) electrons. The standard InChI is InChI=1S/C24H19ClFN3O3/c1-14-21(22(25)29(28-14)13-15-7-9-18(26)10-8-15)23(30)27-20-12-17-6-4-3-5-16(17)11-19(20)24(31)32-2/h3-12H,13H2,1-2H3,(H,27,30). The molecule has 162 valence electrons. The average molecular weight is 452 g/mol. The molecule has 4 aromatic rings. The number of hydrogen-bond donors (Lipinski definition) is 1. The second kappa shape index (κ2) is 8.80. The normalized spacial score (nSPS) is 10.9. The Morgan fingerprint density at radius 1 is 1.09 bits per heavy atom. The molecular weight excluding hydrogens is 433 g/mol. The fourth-order valence-electron chi connectivity index (χ4n) is 3.49. The molecule has 0 saturated carbocycles. The van der Waals surface area contributed by atoms with Crippen molar-refractivity contribution in [3.63, 3.8) is 0 Å². The van der Waals surface area contributed by atoms with Gasteiger partial charge in [0.25, 0.3) is 5.91 Å². The number of aromatic nitrogens is 2. The van der Waals surface area contributed by atoms with Crippen molar-refractivity contribution in [3.05, 3.63) is 94.0 Å². The Morgan fingerprint density at radius 3 is 2.41 bits per heavy atom. The van der Waals surface area contributed by atoms with Gasteiger partial charge in [0.05, 0.1) is 36.2 Å². The molecule has 0 bridgehead atoms. The van der Waals surface area contributed by atoms with Crippen LogP contribution in [0, 0.1) is 12.7 Å². The van der Waals surface area contributed by atoms with E-state index in [0.29, 0.717) is 11.4 Å². The van der Waals surface area contributed by atoms with Gasteiger partial charge in [-0.2, -0.15) is 5.10 Å². The summed E-state index contributed by atoms with van der Waals surface area (Å²) < 4.78 is 19.5. The van der Waals surface area contributed by atoms with Crippen molar-refractivity contribution in [2.24, 2.45) is 0 Å². The minimum absolute atomic E-state index is 0.143. The summed E-state index contributed by atoms with van der Waals surface area (Å²) in [7, 11) is 1.28. The molecule has 3 aromatic carbocycles. The Morgan fingerprint density at radius 2 is 1.75 bits per heavy atom. The first-order valence-electron chi connectivity index (χ1n) is 9.77. The maximum absolute atomic E-state index is 13.2. The number of nitrogens with one attached hydrogen (secondary N) is 1. The number of carbonyl (C=O) groups excluding carboxylic acids is 2. The molecule has 0 atom stereocenters. The van der Waals surface area contributed by atoms with Crippen LogP contribution in [-0.4, -0.2) is 28.8 Å². The van der Waals surface area contributed by atoms with Crippen molar-refractivity contribution in [1.82, 2.24) is 9.78 Å². The average Bonchev–Trinajstić information content (AvgIpc) is 3.07. The third-order valence-corrected chi connectivity index (χ3v) is 5.46. The van der Waals surface area contributed by atoms with Crippen molar-refractivity contribution >= 4 is 39.9 Å². The van der Waals surface area contributed by atoms with E-state index in [9.17, 15) is 14.0 Å². The van der Waals surface area contributed by atoms with Crippen LogP contribution < -0.4 is 5.32 Å². The van der Waals surface area contributed by atoms with Crippen molar-refractivity contribution in [1.29, 1.82) is 0 Å². The van der Waals surface area contributed by atoms with Gasteiger partial charge < -0.3 is 10.1 Å². The molecule has 8 heteroatoms. The third-order valence-electron chi connectivity index (χ3n) is 5.08. The van der Waals surface area contributed by atoms with E-state index >= 15 is 0 Å². The number of amides is 1. The van der Waals surface area contributed by atoms with Crippen LogP contribution in [0.2, 0.25) is 5.15 Å². The van der Waals surface area contributed by atoms with Crippen LogP contribution in [0.3, 0.4) is 0 Å². The lowest BCUT2D eigenvalue weighted by Crippen LogP contribution is -2.16. The Kier molecular flexibility index (Phi) is 5.92. The molecule has 0 spiro atoms. The highest BCUT2D eigenvalue weighted by molar-refractivity contribution is 6.33. The summed E-state index contributed by atoms with van der Waals surface area (Å²) in [6, 6.07) is 16.8. The van der Waals surface area contributed by atoms with Gasteiger partial charge in [-0.25, -0.2) is 13.9 Å². The Hall–Kier alpha value is -3.71. The molecule has 1 aromatic heterocycles. The van der Waals surface area contributed by atoms with Crippen molar-refractivity contribution < 1.29 is 18.7 Å². The smallest absolute Gasteiger partial charge is 0.339 e. The lowest BCUT2D eigenvalue weighted by Gasteiger charge is -2.12. The molecule has 1 heterocycles. The van der Waals surface area contributed by atoms with E-state index in [2.05, 4.69) is 10.4 Å². The van der Waals surface area contributed by atoms with E-state index in [1.54, 1.807) is 31.2 Å². The zero-order valence-electron chi connectivity index (χ0n) is 17.4. The number of nitrogens with zero attached hydrogens (tertiary/aromatic N) is 2. The summed E-state index contributed by atoms with van der Waals surface area (Å²) in [5, 5.41) is 8.96. The molecule has 1 amide bonds. The SMILES string of the molecule is COC(=O)c1cc2ccccc2cc1NC(=O)c1c(C)nn(Cc2ccc(F)cc2)c1Cl. The summed E-state index contributed by atoms with van der Waals surface area (Å²) in [6.07, 6.45) is 0. The van der Waals surface area contributed by atoms with Crippen LogP contribution in [0.4, 0.5) is 10.1 Å². The number of benzene rings is 3. The topological polar surface area (TPSA) is 73.2 Å². The number of anilines is 1. The minimum Gasteiger partial charge on any atom is -0.465 e. The number of halogens is 2. The summed E-state index contributed by atoms with van der Waals surface area (Å²) >= 11 is 6.47. The molecule has 0 saturated heterocycles. The predicted octanol–water partition coefficient (Wildman–Crippen LogP) is 5.22. The molecule has 0 aliphatic carbocycles. The Labute approximate surface area is 188 Å². The molecule has 0 fully saturated rings. The molecular formula is C24H19ClFN3O3. The van der Waals surface area contributed by atoms with E-state index in [-0.39, 0.29) is 28.6 Å². The van der Waals surface area contributed by atoms with Crippen LogP contribution in [0.15, 0.2) is 60.7 Å². The van der Waals surface area contributed by atoms with Crippen LogP contribution in [0.1, 0.15) is 32.0 Å². The molecule has 0 aliphatic rings. The molecule has 1 N–H and O–H groups in total. The summed E-state index contributed by atoms with van der Waals surface area (Å²) in [4.78, 5) is 25.4. The van der Waals surface area contributed by atoms with E-state index in [1.165, 1.54) is 23.9 Å². The molecule has 4 rings (SSSR count). The van der Waals surface area contributed by atoms with Gasteiger partial charge >= 0.3 is 5.97 Å². The van der Waals surface area contributed by atoms with E-state index in [1.807, 2.05) is 24.3 Å². The maximum Gasteiger partial charge on any atom is 0.339 e. The lowest BCUT2D eigenvalue weighted by atomic mass is 10.0. The van der Waals surface area contributed by atoms with E-state index in [0.717, 1.165) is 16.3 Å². The van der Waals surface area contributed by atoms with Gasteiger partial charge in [-0.3, -0.25) is 4.79 Å². The molecule has 0 unspecified atom stereocenters. The van der Waals surface area contributed by atoms with E-state index < -0.39 is 11.9 Å². The lowest BCUT2D eigenvalue weighted by molar-refractivity contribution is 0.0602. The largest absolute Gasteiger partial charge is 0.465 e.